The molecular formula is C13H19NO3. The predicted octanol–water partition coefficient (Wildman–Crippen LogP) is 1.80. The predicted molar refractivity (Wildman–Crippen MR) is 67.7 cm³/mol. The SMILES string of the molecule is CCN(CCCO)c1ccc(C(C)=O)c(O)c1. The average molecular weight is 237 g/mol. The van der Waals surface area contributed by atoms with Crippen molar-refractivity contribution in [3.05, 3.63) is 23.8 Å². The average Bonchev–Trinajstić information content (AvgIpc) is 2.29. The third kappa shape index (κ3) is 3.46. The van der Waals surface area contributed by atoms with Crippen molar-refractivity contribution in [2.75, 3.05) is 24.6 Å². The zero-order valence-corrected chi connectivity index (χ0v) is 10.3. The molecular weight excluding hydrogens is 218 g/mol. The summed E-state index contributed by atoms with van der Waals surface area (Å²) in [4.78, 5) is 13.2. The van der Waals surface area contributed by atoms with E-state index in [0.717, 1.165) is 18.8 Å². The van der Waals surface area contributed by atoms with Crippen molar-refractivity contribution in [1.82, 2.24) is 0 Å². The van der Waals surface area contributed by atoms with Gasteiger partial charge < -0.3 is 15.1 Å². The highest BCUT2D eigenvalue weighted by atomic mass is 16.3. The smallest absolute Gasteiger partial charge is 0.163 e. The molecule has 0 heterocycles. The lowest BCUT2D eigenvalue weighted by Gasteiger charge is -2.23. The molecule has 0 aliphatic rings. The number of benzene rings is 1. The minimum absolute atomic E-state index is 0.0115. The Morgan fingerprint density at radius 3 is 2.59 bits per heavy atom. The number of carbonyl (C=O) groups excluding carboxylic acids is 1. The molecule has 0 saturated heterocycles. The van der Waals surface area contributed by atoms with Crippen molar-refractivity contribution in [2.45, 2.75) is 20.3 Å². The second-order valence-electron chi connectivity index (χ2n) is 3.91. The van der Waals surface area contributed by atoms with E-state index in [1.807, 2.05) is 17.9 Å². The van der Waals surface area contributed by atoms with E-state index < -0.39 is 0 Å². The number of phenols is 1. The van der Waals surface area contributed by atoms with E-state index in [0.29, 0.717) is 12.0 Å². The highest BCUT2D eigenvalue weighted by Crippen LogP contribution is 2.25. The summed E-state index contributed by atoms with van der Waals surface area (Å²) in [5.74, 6) is -0.134. The first-order valence-corrected chi connectivity index (χ1v) is 5.80. The standard InChI is InChI=1S/C13H19NO3/c1-3-14(7-4-8-15)11-5-6-12(10(2)16)13(17)9-11/h5-6,9,15,17H,3-4,7-8H2,1-2H3. The van der Waals surface area contributed by atoms with Crippen LogP contribution in [0.4, 0.5) is 5.69 Å². The molecule has 0 unspecified atom stereocenters. The summed E-state index contributed by atoms with van der Waals surface area (Å²) in [5, 5.41) is 18.5. The van der Waals surface area contributed by atoms with Gasteiger partial charge in [-0.05, 0) is 32.4 Å². The van der Waals surface area contributed by atoms with Crippen molar-refractivity contribution >= 4 is 11.5 Å². The lowest BCUT2D eigenvalue weighted by atomic mass is 10.1. The fourth-order valence-corrected chi connectivity index (χ4v) is 1.75. The maximum Gasteiger partial charge on any atom is 0.163 e. The summed E-state index contributed by atoms with van der Waals surface area (Å²) in [5.41, 5.74) is 1.20. The van der Waals surface area contributed by atoms with Crippen LogP contribution in [-0.4, -0.2) is 35.7 Å². The number of nitrogens with zero attached hydrogens (tertiary/aromatic N) is 1. The van der Waals surface area contributed by atoms with Crippen LogP contribution >= 0.6 is 0 Å². The first-order chi connectivity index (χ1) is 8.10. The van der Waals surface area contributed by atoms with Crippen LogP contribution in [-0.2, 0) is 0 Å². The molecule has 0 aromatic heterocycles. The Morgan fingerprint density at radius 1 is 1.41 bits per heavy atom. The van der Waals surface area contributed by atoms with Gasteiger partial charge in [-0.1, -0.05) is 0 Å². The summed E-state index contributed by atoms with van der Waals surface area (Å²) in [7, 11) is 0. The quantitative estimate of drug-likeness (QED) is 0.741. The molecule has 1 aromatic rings. The van der Waals surface area contributed by atoms with Gasteiger partial charge in [-0.25, -0.2) is 0 Å². The summed E-state index contributed by atoms with van der Waals surface area (Å²) in [6, 6.07) is 5.05. The van der Waals surface area contributed by atoms with E-state index in [4.69, 9.17) is 5.11 Å². The van der Waals surface area contributed by atoms with Gasteiger partial charge >= 0.3 is 0 Å². The minimum Gasteiger partial charge on any atom is -0.507 e. The molecule has 0 aliphatic heterocycles. The summed E-state index contributed by atoms with van der Waals surface area (Å²) >= 11 is 0. The van der Waals surface area contributed by atoms with Gasteiger partial charge in [0.15, 0.2) is 5.78 Å². The largest absolute Gasteiger partial charge is 0.507 e. The molecule has 4 heteroatoms. The highest BCUT2D eigenvalue weighted by Gasteiger charge is 2.10. The molecule has 0 bridgehead atoms. The van der Waals surface area contributed by atoms with Crippen LogP contribution in [0.2, 0.25) is 0 Å². The summed E-state index contributed by atoms with van der Waals surface area (Å²) in [6.07, 6.45) is 0.684. The van der Waals surface area contributed by atoms with Crippen molar-refractivity contribution in [1.29, 1.82) is 0 Å². The van der Waals surface area contributed by atoms with Gasteiger partial charge in [0.1, 0.15) is 5.75 Å². The van der Waals surface area contributed by atoms with Gasteiger partial charge in [-0.2, -0.15) is 0 Å². The van der Waals surface area contributed by atoms with Gasteiger partial charge in [0.05, 0.1) is 5.56 Å². The first kappa shape index (κ1) is 13.5. The Kier molecular flexibility index (Phi) is 4.97. The number of rotatable bonds is 6. The Balaban J connectivity index is 2.90. The van der Waals surface area contributed by atoms with E-state index in [1.54, 1.807) is 12.1 Å². The van der Waals surface area contributed by atoms with Crippen molar-refractivity contribution in [2.24, 2.45) is 0 Å². The number of Topliss-reactive ketones (excluding diaryl/α,β-unsaturated/α-hetero) is 1. The number of hydrogen-bond donors (Lipinski definition) is 2. The van der Waals surface area contributed by atoms with Crippen LogP contribution in [0.3, 0.4) is 0 Å². The van der Waals surface area contributed by atoms with Gasteiger partial charge in [0.2, 0.25) is 0 Å². The number of aliphatic hydroxyl groups is 1. The Morgan fingerprint density at radius 2 is 2.12 bits per heavy atom. The molecule has 0 amide bonds. The number of hydrogen-bond acceptors (Lipinski definition) is 4. The molecule has 0 fully saturated rings. The van der Waals surface area contributed by atoms with Crippen LogP contribution in [0.25, 0.3) is 0 Å². The molecule has 0 radical (unpaired) electrons. The molecule has 1 aromatic carbocycles. The number of ketones is 1. The van der Waals surface area contributed by atoms with Gasteiger partial charge in [0.25, 0.3) is 0 Å². The molecule has 0 saturated carbocycles. The van der Waals surface area contributed by atoms with E-state index in [-0.39, 0.29) is 18.1 Å². The Bertz CT molecular complexity index is 390. The maximum absolute atomic E-state index is 11.2. The van der Waals surface area contributed by atoms with Crippen molar-refractivity contribution in [3.63, 3.8) is 0 Å². The number of anilines is 1. The number of aromatic hydroxyl groups is 1. The maximum atomic E-state index is 11.2. The normalized spacial score (nSPS) is 10.3. The second kappa shape index (κ2) is 6.25. The van der Waals surface area contributed by atoms with Crippen LogP contribution in [0.15, 0.2) is 18.2 Å². The number of aliphatic hydroxyl groups excluding tert-OH is 1. The lowest BCUT2D eigenvalue weighted by molar-refractivity contribution is 0.101. The summed E-state index contributed by atoms with van der Waals surface area (Å²) < 4.78 is 0. The minimum atomic E-state index is -0.146. The van der Waals surface area contributed by atoms with Crippen LogP contribution < -0.4 is 4.90 Å². The molecule has 1 rings (SSSR count). The molecule has 4 nitrogen and oxygen atoms in total. The van der Waals surface area contributed by atoms with Crippen LogP contribution in [0, 0.1) is 0 Å². The first-order valence-electron chi connectivity index (χ1n) is 5.80. The van der Waals surface area contributed by atoms with E-state index in [1.165, 1.54) is 6.92 Å². The fourth-order valence-electron chi connectivity index (χ4n) is 1.75. The Labute approximate surface area is 101 Å². The second-order valence-corrected chi connectivity index (χ2v) is 3.91. The molecule has 94 valence electrons. The Hall–Kier alpha value is -1.55. The summed E-state index contributed by atoms with van der Waals surface area (Å²) in [6.45, 7) is 5.10. The molecule has 0 aliphatic carbocycles. The third-order valence-corrected chi connectivity index (χ3v) is 2.69. The molecule has 17 heavy (non-hydrogen) atoms. The molecule has 0 atom stereocenters. The van der Waals surface area contributed by atoms with Crippen LogP contribution in [0.5, 0.6) is 5.75 Å². The van der Waals surface area contributed by atoms with E-state index in [9.17, 15) is 9.90 Å². The van der Waals surface area contributed by atoms with E-state index >= 15 is 0 Å². The monoisotopic (exact) mass is 237 g/mol. The molecule has 0 spiro atoms. The van der Waals surface area contributed by atoms with Crippen molar-refractivity contribution in [3.8, 4) is 5.75 Å². The van der Waals surface area contributed by atoms with Gasteiger partial charge in [-0.15, -0.1) is 0 Å². The number of carbonyl (C=O) groups is 1. The topological polar surface area (TPSA) is 60.8 Å². The van der Waals surface area contributed by atoms with E-state index in [2.05, 4.69) is 0 Å². The lowest BCUT2D eigenvalue weighted by Crippen LogP contribution is -2.24. The highest BCUT2D eigenvalue weighted by molar-refractivity contribution is 5.97. The zero-order chi connectivity index (χ0) is 12.8. The number of phenolic OH excluding ortho intramolecular Hbond substituents is 1. The zero-order valence-electron chi connectivity index (χ0n) is 10.3. The van der Waals surface area contributed by atoms with Crippen molar-refractivity contribution < 1.29 is 15.0 Å². The molecule has 2 N–H and O–H groups in total. The van der Waals surface area contributed by atoms with Gasteiger partial charge in [-0.3, -0.25) is 4.79 Å². The van der Waals surface area contributed by atoms with Crippen LogP contribution in [0.1, 0.15) is 30.6 Å². The fraction of sp³-hybridized carbons (Fsp3) is 0.462. The van der Waals surface area contributed by atoms with Gasteiger partial charge in [0, 0.05) is 31.5 Å². The third-order valence-electron chi connectivity index (χ3n) is 2.69.